The number of H-pyrrole nitrogens is 2. The number of fused-ring (bicyclic) bond motifs is 2. The average molecular weight is 1270 g/mol. The van der Waals surface area contributed by atoms with Gasteiger partial charge in [-0.05, 0) is 121 Å². The molecule has 0 unspecified atom stereocenters. The summed E-state index contributed by atoms with van der Waals surface area (Å²) < 4.78 is 0. The van der Waals surface area contributed by atoms with Gasteiger partial charge in [0, 0.05) is 49.3 Å². The van der Waals surface area contributed by atoms with Gasteiger partial charge in [-0.1, -0.05) is 157 Å². The van der Waals surface area contributed by atoms with E-state index in [1.165, 1.54) is 62.5 Å². The number of nitrogens with two attached hydrogens (primary N) is 1. The van der Waals surface area contributed by atoms with Gasteiger partial charge in [-0.15, -0.1) is 11.6 Å². The number of nitrogens with zero attached hydrogens (tertiary/aromatic N) is 6. The molecule has 8 aromatic rings. The topological polar surface area (TPSA) is 160 Å². The Morgan fingerprint density at radius 3 is 1.47 bits per heavy atom. The van der Waals surface area contributed by atoms with E-state index in [1.807, 2.05) is 48.5 Å². The molecule has 2 saturated heterocycles. The zero-order chi connectivity index (χ0) is 56.9. The summed E-state index contributed by atoms with van der Waals surface area (Å²) >= 11 is 29.7. The van der Waals surface area contributed by atoms with E-state index in [0.29, 0.717) is 43.9 Å². The molecule has 2 saturated carbocycles. The molecule has 0 spiro atoms. The number of alkyl halides is 1. The Kier molecular flexibility index (Phi) is 26.5. The molecule has 2 aromatic heterocycles. The van der Waals surface area contributed by atoms with Crippen molar-refractivity contribution in [3.05, 3.63) is 187 Å². The Morgan fingerprint density at radius 1 is 0.627 bits per heavy atom. The average Bonchev–Trinajstić information content (AvgIpc) is 3.06. The van der Waals surface area contributed by atoms with Crippen LogP contribution >= 0.6 is 58.0 Å². The molecule has 2 aliphatic heterocycles. The zero-order valence-electron chi connectivity index (χ0n) is 47.9. The van der Waals surface area contributed by atoms with Crippen molar-refractivity contribution in [3.63, 3.8) is 0 Å². The number of piperidine rings is 2. The number of hydrogen-bond acceptors (Lipinski definition) is 9. The largest absolute Gasteiger partial charge is 1.00 e. The van der Waals surface area contributed by atoms with E-state index in [9.17, 15) is 0 Å². The van der Waals surface area contributed by atoms with E-state index in [0.717, 1.165) is 120 Å². The molecule has 0 radical (unpaired) electrons. The normalized spacial score (nSPS) is 16.8. The number of benzene rings is 6. The number of rotatable bonds is 11. The predicted molar refractivity (Wildman–Crippen MR) is 327 cm³/mol. The molecular weight excluding hydrogens is 1200 g/mol. The van der Waals surface area contributed by atoms with Crippen LogP contribution in [-0.2, 0) is 33.2 Å². The van der Waals surface area contributed by atoms with E-state index in [2.05, 4.69) is 105 Å². The van der Waals surface area contributed by atoms with Crippen molar-refractivity contribution < 1.29 is 119 Å². The van der Waals surface area contributed by atoms with Crippen molar-refractivity contribution in [2.45, 2.75) is 113 Å². The van der Waals surface area contributed by atoms with Gasteiger partial charge in [0.25, 0.3) is 6.47 Å². The minimum absolute atomic E-state index is 0. The summed E-state index contributed by atoms with van der Waals surface area (Å²) in [5.41, 5.74) is 18.2. The van der Waals surface area contributed by atoms with Crippen LogP contribution in [0.1, 0.15) is 101 Å². The zero-order valence-corrected chi connectivity index (χ0v) is 56.9. The van der Waals surface area contributed by atoms with Crippen molar-refractivity contribution in [1.29, 1.82) is 0 Å². The summed E-state index contributed by atoms with van der Waals surface area (Å²) in [4.78, 5) is 39.2. The van der Waals surface area contributed by atoms with Crippen LogP contribution in [0.15, 0.2) is 121 Å². The van der Waals surface area contributed by atoms with Crippen LogP contribution in [0.4, 0.5) is 11.4 Å². The molecule has 4 heterocycles. The maximum atomic E-state index is 8.64. The van der Waals surface area contributed by atoms with Gasteiger partial charge in [0.15, 0.2) is 11.4 Å². The molecule has 0 bridgehead atoms. The Morgan fingerprint density at radius 2 is 1.04 bits per heavy atom. The first-order chi connectivity index (χ1) is 39.3. The second kappa shape index (κ2) is 32.5. The second-order valence-corrected chi connectivity index (χ2v) is 23.2. The fourth-order valence-corrected chi connectivity index (χ4v) is 12.7. The number of hydrogen-bond donors (Lipinski definition) is 4. The summed E-state index contributed by atoms with van der Waals surface area (Å²) in [5, 5.41) is 14.4. The van der Waals surface area contributed by atoms with Gasteiger partial charge in [0.2, 0.25) is 0 Å². The molecule has 5 N–H and O–H groups in total. The van der Waals surface area contributed by atoms with E-state index in [4.69, 9.17) is 91.9 Å². The first kappa shape index (κ1) is 67.7. The van der Waals surface area contributed by atoms with Crippen molar-refractivity contribution in [2.24, 2.45) is 5.73 Å². The summed E-state index contributed by atoms with van der Waals surface area (Å²) in [6.07, 6.45) is 15.1. The molecular formula is C63H65Cl5K2N10O3. The van der Waals surface area contributed by atoms with E-state index < -0.39 is 0 Å². The Bertz CT molecular complexity index is 3420. The summed E-state index contributed by atoms with van der Waals surface area (Å²) in [5.74, 6) is 1.95. The Hall–Kier alpha value is -2.77. The van der Waals surface area contributed by atoms with Gasteiger partial charge >= 0.3 is 103 Å². The molecule has 4 fully saturated rings. The molecule has 422 valence electrons. The minimum Gasteiger partial charge on any atom is -1.00 e. The van der Waals surface area contributed by atoms with Gasteiger partial charge < -0.3 is 42.4 Å². The third kappa shape index (κ3) is 17.5. The third-order valence-corrected chi connectivity index (χ3v) is 18.1. The first-order valence-corrected chi connectivity index (χ1v) is 29.5. The SMILES string of the molecule is ClCc1nc2cc(Cl)c(Cl)cc2[nH]1.O=CO[O-].[C-]#[N+]c1cccc(-c2ccc(C3(N)CCN(C4CCCC4)CC3)cc2)c1.[C-]#[N+]c1cccc(-c2ccc(C3(NCc4nc5cc(Cl)c(Cl)cc5[nH]4)CCN(C4CCCC4)CC3)cc2)c1.[H-].[K+].[K+]. The molecule has 2 aliphatic carbocycles. The van der Waals surface area contributed by atoms with Crippen LogP contribution in [0, 0.1) is 13.1 Å². The molecule has 4 aliphatic rings. The van der Waals surface area contributed by atoms with Gasteiger partial charge in [-0.3, -0.25) is 4.79 Å². The van der Waals surface area contributed by atoms with Crippen LogP contribution < -0.4 is 119 Å². The van der Waals surface area contributed by atoms with Crippen LogP contribution in [0.2, 0.25) is 20.1 Å². The Labute approximate surface area is 598 Å². The number of nitrogens with one attached hydrogen (secondary N) is 3. The predicted octanol–water partition coefficient (Wildman–Crippen LogP) is 9.37. The van der Waals surface area contributed by atoms with Crippen molar-refractivity contribution in [1.82, 2.24) is 35.1 Å². The molecule has 13 nitrogen and oxygen atoms in total. The van der Waals surface area contributed by atoms with Crippen LogP contribution in [0.5, 0.6) is 0 Å². The van der Waals surface area contributed by atoms with E-state index in [1.54, 1.807) is 12.1 Å². The first-order valence-electron chi connectivity index (χ1n) is 27.5. The van der Waals surface area contributed by atoms with Gasteiger partial charge in [0.05, 0.1) is 67.7 Å². The monoisotopic (exact) mass is 1260 g/mol. The molecule has 83 heavy (non-hydrogen) atoms. The molecule has 0 atom stereocenters. The number of aromatic nitrogens is 4. The Balaban J connectivity index is 0.000000212. The fraction of sp³-hybridized carbons (Fsp3) is 0.349. The number of carbonyl (C=O) groups excluding carboxylic acids is 1. The summed E-state index contributed by atoms with van der Waals surface area (Å²) in [6.45, 7) is 19.4. The fourth-order valence-electron chi connectivity index (χ4n) is 12.0. The van der Waals surface area contributed by atoms with Crippen LogP contribution in [-0.4, -0.2) is 74.5 Å². The maximum Gasteiger partial charge on any atom is 1.00 e. The van der Waals surface area contributed by atoms with Crippen molar-refractivity contribution in [3.8, 4) is 22.3 Å². The number of aromatic amines is 2. The smallest absolute Gasteiger partial charge is 1.00 e. The maximum absolute atomic E-state index is 8.64. The van der Waals surface area contributed by atoms with E-state index >= 15 is 0 Å². The molecule has 6 aromatic carbocycles. The van der Waals surface area contributed by atoms with E-state index in [-0.39, 0.29) is 122 Å². The number of likely N-dealkylation sites (tertiary alicyclic amines) is 2. The number of imidazole rings is 2. The molecule has 0 amide bonds. The van der Waals surface area contributed by atoms with Crippen LogP contribution in [0.3, 0.4) is 0 Å². The number of halogens is 5. The summed E-state index contributed by atoms with van der Waals surface area (Å²) in [6, 6.07) is 41.8. The summed E-state index contributed by atoms with van der Waals surface area (Å²) in [7, 11) is 0. The van der Waals surface area contributed by atoms with Crippen molar-refractivity contribution >= 4 is 97.9 Å². The van der Waals surface area contributed by atoms with Gasteiger partial charge in [0.1, 0.15) is 11.6 Å². The third-order valence-electron chi connectivity index (χ3n) is 16.4. The van der Waals surface area contributed by atoms with Crippen LogP contribution in [0.25, 0.3) is 54.0 Å². The standard InChI is InChI=1S/C31H31Cl2N5.C23H27N3.C8H5Cl3N2.CH2O3.2K.H/c1-34-24-6-4-5-22(17-24)21-9-11-23(12-10-21)31(13-15-38(16-14-31)25-7-2-3-8-25)35-20-30-36-28-18-26(32)27(33)19-29(28)37-30;1-25-21-6-4-5-19(17-21)18-9-11-20(12-10-18)23(24)13-15-26(16-14-23)22-7-2-3-8-22;9-3-8-12-6-1-4(10)5(11)2-7(6)13-8;2-1-4-3;;;/h4-6,9-12,17-19,25,35H,2-3,7-8,13-16,20H2,(H,36,37);4-6,9-12,17,22H,2-3,7-8,13-16,24H2;1-2H,3H2,(H,12,13);1,3H;;;/q;;;;2*+1;-1/p-1. The molecule has 12 rings (SSSR count). The van der Waals surface area contributed by atoms with Crippen molar-refractivity contribution in [2.75, 3.05) is 26.2 Å². The van der Waals surface area contributed by atoms with Gasteiger partial charge in [-0.2, -0.15) is 0 Å². The number of carbonyl (C=O) groups is 1. The second-order valence-electron chi connectivity index (χ2n) is 21.3. The minimum atomic E-state index is -0.202. The molecule has 20 heteroatoms. The van der Waals surface area contributed by atoms with Gasteiger partial charge in [-0.25, -0.2) is 19.7 Å². The quantitative estimate of drug-likeness (QED) is 0.0247.